The first-order chi connectivity index (χ1) is 4.79. The summed E-state index contributed by atoms with van der Waals surface area (Å²) in [6, 6.07) is 5.35. The number of nitrogens with one attached hydrogen (secondary N) is 1. The van der Waals surface area contributed by atoms with Crippen molar-refractivity contribution in [2.24, 2.45) is 0 Å². The minimum Gasteiger partial charge on any atom is -0.311 e. The van der Waals surface area contributed by atoms with Crippen LogP contribution in [0.2, 0.25) is 0 Å². The van der Waals surface area contributed by atoms with Crippen LogP contribution in [0.1, 0.15) is 6.92 Å². The molecule has 11 heavy (non-hydrogen) atoms. The topological polar surface area (TPSA) is 42.0 Å². The fraction of sp³-hybridized carbons (Fsp3) is 0.143. The van der Waals surface area contributed by atoms with Crippen molar-refractivity contribution in [2.75, 3.05) is 5.32 Å². The molecule has 0 saturated heterocycles. The molecule has 0 aromatic carbocycles. The zero-order valence-corrected chi connectivity index (χ0v) is 6.07. The average molecular weight is 156 g/mol. The van der Waals surface area contributed by atoms with Crippen molar-refractivity contribution < 1.29 is 9.50 Å². The lowest BCUT2D eigenvalue weighted by Crippen LogP contribution is -2.06. The molecule has 0 aliphatic heterocycles. The number of amides is 1. The van der Waals surface area contributed by atoms with Gasteiger partial charge in [-0.2, -0.15) is 0 Å². The molecule has 60 valence electrons. The molecule has 1 aromatic rings. The second-order valence-corrected chi connectivity index (χ2v) is 1.90. The molecular weight excluding hydrogens is 147 g/mol. The highest BCUT2D eigenvalue weighted by Gasteiger charge is 1.91. The molecule has 3 nitrogen and oxygen atoms in total. The number of hydrogen-bond donors (Lipinski definition) is 1. The molecule has 0 aliphatic rings. The number of aromatic nitrogens is 1. The Balaban J connectivity index is 0.000001000. The average Bonchev–Trinajstić information content (AvgIpc) is 1.88. The maximum absolute atomic E-state index is 10.5. The van der Waals surface area contributed by atoms with Crippen molar-refractivity contribution in [3.8, 4) is 0 Å². The van der Waals surface area contributed by atoms with Crippen molar-refractivity contribution in [1.29, 1.82) is 0 Å². The van der Waals surface area contributed by atoms with Gasteiger partial charge in [-0.3, -0.25) is 9.50 Å². The fourth-order valence-corrected chi connectivity index (χ4v) is 0.617. The summed E-state index contributed by atoms with van der Waals surface area (Å²) in [7, 11) is 0. The zero-order chi connectivity index (χ0) is 7.40. The summed E-state index contributed by atoms with van der Waals surface area (Å²) in [5.41, 5.74) is 0. The van der Waals surface area contributed by atoms with Crippen molar-refractivity contribution in [2.45, 2.75) is 6.92 Å². The van der Waals surface area contributed by atoms with Crippen LogP contribution < -0.4 is 5.32 Å². The van der Waals surface area contributed by atoms with Gasteiger partial charge in [0, 0.05) is 13.1 Å². The molecule has 1 rings (SSSR count). The largest absolute Gasteiger partial charge is 0.311 e. The molecule has 0 spiro atoms. The summed E-state index contributed by atoms with van der Waals surface area (Å²) in [5, 5.41) is 2.55. The molecular formula is C7H9FN2O. The lowest BCUT2D eigenvalue weighted by atomic mass is 10.4. The minimum atomic E-state index is -0.0984. The molecule has 0 bridgehead atoms. The van der Waals surface area contributed by atoms with E-state index in [0.29, 0.717) is 5.82 Å². The SMILES string of the molecule is CC(=O)Nc1ccccn1.F. The summed E-state index contributed by atoms with van der Waals surface area (Å²) < 4.78 is 0. The molecule has 1 amide bonds. The van der Waals surface area contributed by atoms with Crippen LogP contribution in [0, 0.1) is 0 Å². The van der Waals surface area contributed by atoms with Gasteiger partial charge in [0.2, 0.25) is 5.91 Å². The molecule has 4 heteroatoms. The van der Waals surface area contributed by atoms with Crippen LogP contribution >= 0.6 is 0 Å². The predicted octanol–water partition coefficient (Wildman–Crippen LogP) is 1.19. The quantitative estimate of drug-likeness (QED) is 0.663. The Morgan fingerprint density at radius 3 is 2.73 bits per heavy atom. The van der Waals surface area contributed by atoms with E-state index in [-0.39, 0.29) is 10.6 Å². The van der Waals surface area contributed by atoms with E-state index in [1.54, 1.807) is 18.3 Å². The van der Waals surface area contributed by atoms with Crippen molar-refractivity contribution in [3.63, 3.8) is 0 Å². The molecule has 0 saturated carbocycles. The number of carbonyl (C=O) groups is 1. The van der Waals surface area contributed by atoms with E-state index in [1.807, 2.05) is 6.07 Å². The van der Waals surface area contributed by atoms with E-state index in [1.165, 1.54) is 6.92 Å². The maximum Gasteiger partial charge on any atom is 0.222 e. The number of hydrogen-bond acceptors (Lipinski definition) is 2. The van der Waals surface area contributed by atoms with Gasteiger partial charge < -0.3 is 5.32 Å². The minimum absolute atomic E-state index is 0. The Morgan fingerprint density at radius 2 is 2.27 bits per heavy atom. The van der Waals surface area contributed by atoms with E-state index >= 15 is 0 Å². The molecule has 0 unspecified atom stereocenters. The number of nitrogens with zero attached hydrogens (tertiary/aromatic N) is 1. The monoisotopic (exact) mass is 156 g/mol. The smallest absolute Gasteiger partial charge is 0.222 e. The standard InChI is InChI=1S/C7H8N2O.FH/c1-6(10)9-7-4-2-3-5-8-7;/h2-5H,1H3,(H,8,9,10);1H. The highest BCUT2D eigenvalue weighted by molar-refractivity contribution is 5.87. The van der Waals surface area contributed by atoms with Crippen LogP contribution in [0.4, 0.5) is 10.5 Å². The van der Waals surface area contributed by atoms with Gasteiger partial charge in [-0.25, -0.2) is 4.98 Å². The van der Waals surface area contributed by atoms with Gasteiger partial charge in [-0.1, -0.05) is 6.07 Å². The number of pyridine rings is 1. The molecule has 1 N–H and O–H groups in total. The Bertz CT molecular complexity index is 225. The summed E-state index contributed by atoms with van der Waals surface area (Å²) in [4.78, 5) is 14.3. The van der Waals surface area contributed by atoms with Crippen LogP contribution in [-0.2, 0) is 4.79 Å². The van der Waals surface area contributed by atoms with Gasteiger partial charge >= 0.3 is 0 Å². The second kappa shape index (κ2) is 4.38. The first-order valence-electron chi connectivity index (χ1n) is 2.97. The van der Waals surface area contributed by atoms with Crippen molar-refractivity contribution in [1.82, 2.24) is 4.98 Å². The summed E-state index contributed by atoms with van der Waals surface area (Å²) in [6.07, 6.45) is 1.63. The van der Waals surface area contributed by atoms with Gasteiger partial charge in [0.1, 0.15) is 5.82 Å². The molecule has 1 heterocycles. The van der Waals surface area contributed by atoms with Crippen LogP contribution in [0.15, 0.2) is 24.4 Å². The highest BCUT2D eigenvalue weighted by Crippen LogP contribution is 1.97. The lowest BCUT2D eigenvalue weighted by molar-refractivity contribution is -0.114. The van der Waals surface area contributed by atoms with Gasteiger partial charge in [0.15, 0.2) is 0 Å². The lowest BCUT2D eigenvalue weighted by Gasteiger charge is -1.96. The summed E-state index contributed by atoms with van der Waals surface area (Å²) in [5.74, 6) is 0.494. The van der Waals surface area contributed by atoms with E-state index in [0.717, 1.165) is 0 Å². The third-order valence-corrected chi connectivity index (χ3v) is 0.969. The fourth-order valence-electron chi connectivity index (χ4n) is 0.617. The van der Waals surface area contributed by atoms with Crippen molar-refractivity contribution in [3.05, 3.63) is 24.4 Å². The molecule has 0 aliphatic carbocycles. The van der Waals surface area contributed by atoms with Gasteiger partial charge in [-0.15, -0.1) is 0 Å². The van der Waals surface area contributed by atoms with E-state index < -0.39 is 0 Å². The Kier molecular flexibility index (Phi) is 3.80. The Morgan fingerprint density at radius 1 is 1.55 bits per heavy atom. The Hall–Kier alpha value is -1.45. The van der Waals surface area contributed by atoms with E-state index in [9.17, 15) is 4.79 Å². The first-order valence-corrected chi connectivity index (χ1v) is 2.97. The summed E-state index contributed by atoms with van der Waals surface area (Å²) in [6.45, 7) is 1.45. The molecule has 1 aromatic heterocycles. The van der Waals surface area contributed by atoms with Crippen LogP contribution in [0.5, 0.6) is 0 Å². The van der Waals surface area contributed by atoms with Gasteiger partial charge in [0.05, 0.1) is 0 Å². The number of rotatable bonds is 1. The number of carbonyl (C=O) groups excluding carboxylic acids is 1. The van der Waals surface area contributed by atoms with E-state index in [4.69, 9.17) is 0 Å². The molecule has 0 radical (unpaired) electrons. The molecule has 0 fully saturated rings. The third-order valence-electron chi connectivity index (χ3n) is 0.969. The number of halogens is 1. The zero-order valence-electron chi connectivity index (χ0n) is 6.07. The summed E-state index contributed by atoms with van der Waals surface area (Å²) >= 11 is 0. The first kappa shape index (κ1) is 9.55. The van der Waals surface area contributed by atoms with Crippen molar-refractivity contribution >= 4 is 11.7 Å². The third kappa shape index (κ3) is 3.30. The van der Waals surface area contributed by atoms with Gasteiger partial charge in [0.25, 0.3) is 0 Å². The normalized spacial score (nSPS) is 8.09. The van der Waals surface area contributed by atoms with Crippen LogP contribution in [-0.4, -0.2) is 10.9 Å². The second-order valence-electron chi connectivity index (χ2n) is 1.90. The van der Waals surface area contributed by atoms with E-state index in [2.05, 4.69) is 10.3 Å². The van der Waals surface area contributed by atoms with Gasteiger partial charge in [-0.05, 0) is 12.1 Å². The molecule has 0 atom stereocenters. The maximum atomic E-state index is 10.5. The predicted molar refractivity (Wildman–Crippen MR) is 41.0 cm³/mol. The highest BCUT2D eigenvalue weighted by atomic mass is 19.0. The van der Waals surface area contributed by atoms with Crippen LogP contribution in [0.3, 0.4) is 0 Å². The van der Waals surface area contributed by atoms with Crippen LogP contribution in [0.25, 0.3) is 0 Å². The number of anilines is 1. The Labute approximate surface area is 63.8 Å².